The number of carbonyl (C=O) groups is 1. The molecule has 5 nitrogen and oxygen atoms in total. The zero-order valence-corrected chi connectivity index (χ0v) is 11.9. The van der Waals surface area contributed by atoms with Crippen LogP contribution < -0.4 is 5.73 Å². The molecule has 1 aromatic rings. The zero-order valence-electron chi connectivity index (χ0n) is 11.1. The van der Waals surface area contributed by atoms with Gasteiger partial charge in [-0.25, -0.2) is 12.8 Å². The molecule has 0 saturated carbocycles. The summed E-state index contributed by atoms with van der Waals surface area (Å²) in [5, 5.41) is 0. The molecule has 0 spiro atoms. The van der Waals surface area contributed by atoms with Crippen LogP contribution in [-0.2, 0) is 14.8 Å². The van der Waals surface area contributed by atoms with E-state index in [0.717, 1.165) is 16.4 Å². The molecule has 0 aliphatic rings. The molecule has 0 aromatic heterocycles. The number of carbonyl (C=O) groups excluding carboxylic acids is 1. The Kier molecular flexibility index (Phi) is 4.65. The van der Waals surface area contributed by atoms with Crippen molar-refractivity contribution in [3.8, 4) is 0 Å². The summed E-state index contributed by atoms with van der Waals surface area (Å²) < 4.78 is 38.9. The monoisotopic (exact) mass is 288 g/mol. The van der Waals surface area contributed by atoms with Crippen molar-refractivity contribution in [1.29, 1.82) is 0 Å². The van der Waals surface area contributed by atoms with Gasteiger partial charge in [0, 0.05) is 6.04 Å². The number of benzene rings is 1. The Bertz CT molecular complexity index is 585. The molecule has 0 aliphatic carbocycles. The topological polar surface area (TPSA) is 80.5 Å². The normalized spacial score (nSPS) is 12.1. The van der Waals surface area contributed by atoms with Crippen molar-refractivity contribution in [3.05, 3.63) is 29.6 Å². The Morgan fingerprint density at radius 1 is 1.42 bits per heavy atom. The fourth-order valence-corrected chi connectivity index (χ4v) is 3.54. The highest BCUT2D eigenvalue weighted by Crippen LogP contribution is 2.22. The van der Waals surface area contributed by atoms with Gasteiger partial charge in [0.2, 0.25) is 15.9 Å². The van der Waals surface area contributed by atoms with E-state index in [9.17, 15) is 17.6 Å². The molecule has 0 fully saturated rings. The second-order valence-electron chi connectivity index (χ2n) is 4.52. The van der Waals surface area contributed by atoms with Crippen molar-refractivity contribution in [2.45, 2.75) is 31.7 Å². The summed E-state index contributed by atoms with van der Waals surface area (Å²) in [5.41, 5.74) is 5.35. The Morgan fingerprint density at radius 2 is 2.00 bits per heavy atom. The molecule has 7 heteroatoms. The Balaban J connectivity index is 3.30. The number of halogens is 1. The summed E-state index contributed by atoms with van der Waals surface area (Å²) >= 11 is 0. The molecule has 19 heavy (non-hydrogen) atoms. The summed E-state index contributed by atoms with van der Waals surface area (Å²) in [6, 6.07) is 2.97. The fraction of sp³-hybridized carbons (Fsp3) is 0.417. The zero-order chi connectivity index (χ0) is 14.8. The van der Waals surface area contributed by atoms with Gasteiger partial charge in [-0.3, -0.25) is 4.79 Å². The largest absolute Gasteiger partial charge is 0.369 e. The van der Waals surface area contributed by atoms with Crippen molar-refractivity contribution in [3.63, 3.8) is 0 Å². The molecule has 2 N–H and O–H groups in total. The highest BCUT2D eigenvalue weighted by molar-refractivity contribution is 7.89. The van der Waals surface area contributed by atoms with E-state index in [2.05, 4.69) is 0 Å². The lowest BCUT2D eigenvalue weighted by molar-refractivity contribution is -0.118. The first-order valence-corrected chi connectivity index (χ1v) is 7.16. The van der Waals surface area contributed by atoms with E-state index in [4.69, 9.17) is 5.73 Å². The van der Waals surface area contributed by atoms with Gasteiger partial charge in [-0.1, -0.05) is 0 Å². The van der Waals surface area contributed by atoms with Gasteiger partial charge in [0.05, 0.1) is 11.4 Å². The van der Waals surface area contributed by atoms with E-state index >= 15 is 0 Å². The van der Waals surface area contributed by atoms with E-state index in [-0.39, 0.29) is 10.5 Å². The van der Waals surface area contributed by atoms with Gasteiger partial charge >= 0.3 is 0 Å². The fourth-order valence-electron chi connectivity index (χ4n) is 1.73. The van der Waals surface area contributed by atoms with Crippen LogP contribution >= 0.6 is 0 Å². The first kappa shape index (κ1) is 15.6. The molecule has 0 aliphatic heterocycles. The van der Waals surface area contributed by atoms with Gasteiger partial charge in [-0.15, -0.1) is 0 Å². The number of hydrogen-bond donors (Lipinski definition) is 1. The summed E-state index contributed by atoms with van der Waals surface area (Å²) in [6.45, 7) is 4.37. The summed E-state index contributed by atoms with van der Waals surface area (Å²) in [6.07, 6.45) is 0. The van der Waals surface area contributed by atoms with Crippen LogP contribution in [0.2, 0.25) is 0 Å². The van der Waals surface area contributed by atoms with Crippen LogP contribution in [-0.4, -0.2) is 31.2 Å². The maximum atomic E-state index is 13.0. The van der Waals surface area contributed by atoms with Crippen LogP contribution in [0.3, 0.4) is 0 Å². The van der Waals surface area contributed by atoms with E-state index < -0.39 is 34.3 Å². The van der Waals surface area contributed by atoms with Crippen molar-refractivity contribution < 1.29 is 17.6 Å². The number of rotatable bonds is 5. The summed E-state index contributed by atoms with van der Waals surface area (Å²) in [4.78, 5) is 11.0. The van der Waals surface area contributed by atoms with Crippen LogP contribution in [0.25, 0.3) is 0 Å². The Labute approximate surface area is 112 Å². The molecule has 0 radical (unpaired) electrons. The second-order valence-corrected chi connectivity index (χ2v) is 6.38. The number of aryl methyl sites for hydroxylation is 1. The number of nitrogens with zero attached hydrogens (tertiary/aromatic N) is 1. The molecule has 0 unspecified atom stereocenters. The van der Waals surface area contributed by atoms with Crippen LogP contribution in [0.1, 0.15) is 19.4 Å². The van der Waals surface area contributed by atoms with Crippen LogP contribution in [0.4, 0.5) is 4.39 Å². The molecule has 106 valence electrons. The quantitative estimate of drug-likeness (QED) is 0.878. The van der Waals surface area contributed by atoms with Crippen LogP contribution in [0.15, 0.2) is 23.1 Å². The third kappa shape index (κ3) is 3.51. The van der Waals surface area contributed by atoms with E-state index in [1.165, 1.54) is 13.0 Å². The maximum absolute atomic E-state index is 13.0. The Hall–Kier alpha value is -1.47. The minimum atomic E-state index is -3.88. The first-order valence-electron chi connectivity index (χ1n) is 5.72. The average molecular weight is 288 g/mol. The van der Waals surface area contributed by atoms with Gasteiger partial charge in [-0.2, -0.15) is 4.31 Å². The predicted octanol–water partition coefficient (Wildman–Crippen LogP) is 1.02. The first-order chi connectivity index (χ1) is 8.66. The maximum Gasteiger partial charge on any atom is 0.244 e. The number of nitrogens with two attached hydrogens (primary N) is 1. The molecular weight excluding hydrogens is 271 g/mol. The smallest absolute Gasteiger partial charge is 0.244 e. The van der Waals surface area contributed by atoms with Gasteiger partial charge in [-0.05, 0) is 44.5 Å². The van der Waals surface area contributed by atoms with Gasteiger partial charge in [0.1, 0.15) is 5.82 Å². The summed E-state index contributed by atoms with van der Waals surface area (Å²) in [7, 11) is -3.88. The van der Waals surface area contributed by atoms with Crippen molar-refractivity contribution in [2.75, 3.05) is 6.54 Å². The Morgan fingerprint density at radius 3 is 2.42 bits per heavy atom. The third-order valence-electron chi connectivity index (χ3n) is 2.61. The minimum Gasteiger partial charge on any atom is -0.369 e. The number of hydrogen-bond acceptors (Lipinski definition) is 3. The van der Waals surface area contributed by atoms with Gasteiger partial charge < -0.3 is 5.73 Å². The SMILES string of the molecule is Cc1cc(F)ccc1S(=O)(=O)N(CC(N)=O)C(C)C. The van der Waals surface area contributed by atoms with Crippen molar-refractivity contribution in [1.82, 2.24) is 4.31 Å². The van der Waals surface area contributed by atoms with Gasteiger partial charge in [0.25, 0.3) is 0 Å². The van der Waals surface area contributed by atoms with Crippen molar-refractivity contribution in [2.24, 2.45) is 5.73 Å². The lowest BCUT2D eigenvalue weighted by atomic mass is 10.2. The van der Waals surface area contributed by atoms with E-state index in [0.29, 0.717) is 0 Å². The molecule has 0 bridgehead atoms. The van der Waals surface area contributed by atoms with E-state index in [1.54, 1.807) is 13.8 Å². The average Bonchev–Trinajstić information content (AvgIpc) is 2.24. The molecule has 1 rings (SSSR count). The van der Waals surface area contributed by atoms with Gasteiger partial charge in [0.15, 0.2) is 0 Å². The summed E-state index contributed by atoms with van der Waals surface area (Å²) in [5.74, 6) is -1.25. The lowest BCUT2D eigenvalue weighted by Crippen LogP contribution is -2.42. The highest BCUT2D eigenvalue weighted by Gasteiger charge is 2.29. The van der Waals surface area contributed by atoms with Crippen LogP contribution in [0, 0.1) is 12.7 Å². The standard InChI is InChI=1S/C12H17FN2O3S/c1-8(2)15(7-12(14)16)19(17,18)11-5-4-10(13)6-9(11)3/h4-6,8H,7H2,1-3H3,(H2,14,16). The predicted molar refractivity (Wildman–Crippen MR) is 69.4 cm³/mol. The second kappa shape index (κ2) is 5.66. The third-order valence-corrected chi connectivity index (χ3v) is 4.79. The minimum absolute atomic E-state index is 0.0242. The lowest BCUT2D eigenvalue weighted by Gasteiger charge is -2.25. The highest BCUT2D eigenvalue weighted by atomic mass is 32.2. The number of sulfonamides is 1. The molecule has 1 amide bonds. The molecular formula is C12H17FN2O3S. The molecule has 0 heterocycles. The molecule has 0 saturated heterocycles. The van der Waals surface area contributed by atoms with E-state index in [1.807, 2.05) is 0 Å². The molecule has 0 atom stereocenters. The van der Waals surface area contributed by atoms with Crippen molar-refractivity contribution >= 4 is 15.9 Å². The van der Waals surface area contributed by atoms with Crippen LogP contribution in [0.5, 0.6) is 0 Å². The molecule has 1 aromatic carbocycles. The number of amides is 1. The number of primary amides is 1.